The number of phosphoric ester groups is 1. The van der Waals surface area contributed by atoms with E-state index in [0.717, 1.165) is 103 Å². The first-order valence-electron chi connectivity index (χ1n) is 33.7. The molecule has 3 unspecified atom stereocenters. The van der Waals surface area contributed by atoms with E-state index in [9.17, 15) is 19.0 Å². The van der Waals surface area contributed by atoms with Gasteiger partial charge in [0.25, 0.3) is 7.82 Å². The number of carbonyl (C=O) groups excluding carboxylic acids is 2. The highest BCUT2D eigenvalue weighted by molar-refractivity contribution is 7.45. The zero-order chi connectivity index (χ0) is 58.6. The van der Waals surface area contributed by atoms with Crippen molar-refractivity contribution in [1.29, 1.82) is 0 Å². The number of nitrogens with zero attached hydrogens (tertiary/aromatic N) is 1. The molecule has 0 heterocycles. The number of hydrogen-bond acceptors (Lipinski definition) is 7. The molecule has 0 saturated carbocycles. The summed E-state index contributed by atoms with van der Waals surface area (Å²) in [6, 6.07) is -0.900. The Labute approximate surface area is 495 Å². The molecule has 0 aliphatic rings. The molecule has 0 aromatic rings. The number of ether oxygens (including phenoxy) is 1. The van der Waals surface area contributed by atoms with Gasteiger partial charge in [-0.3, -0.25) is 14.2 Å². The van der Waals surface area contributed by atoms with Crippen LogP contribution in [0.4, 0.5) is 0 Å². The average Bonchev–Trinajstić information content (AvgIpc) is 3.42. The van der Waals surface area contributed by atoms with E-state index in [1.54, 1.807) is 0 Å². The van der Waals surface area contributed by atoms with Crippen molar-refractivity contribution in [3.8, 4) is 0 Å². The van der Waals surface area contributed by atoms with Gasteiger partial charge in [0.05, 0.1) is 33.8 Å². The Morgan fingerprint density at radius 3 is 1.20 bits per heavy atom. The predicted molar refractivity (Wildman–Crippen MR) is 344 cm³/mol. The fraction of sp³-hybridized carbons (Fsp3) is 0.800. The van der Waals surface area contributed by atoms with Gasteiger partial charge in [0.2, 0.25) is 5.91 Å². The Bertz CT molecular complexity index is 1600. The van der Waals surface area contributed by atoms with Gasteiger partial charge in [0.1, 0.15) is 19.3 Å². The van der Waals surface area contributed by atoms with Gasteiger partial charge >= 0.3 is 5.97 Å². The molecule has 0 bridgehead atoms. The number of quaternary nitrogens is 1. The third-order valence-corrected chi connectivity index (χ3v) is 15.9. The maximum absolute atomic E-state index is 13.6. The zero-order valence-electron chi connectivity index (χ0n) is 53.3. The van der Waals surface area contributed by atoms with Gasteiger partial charge in [-0.15, -0.1) is 0 Å². The third-order valence-electron chi connectivity index (χ3n) is 14.9. The lowest BCUT2D eigenvalue weighted by Crippen LogP contribution is -2.47. The highest BCUT2D eigenvalue weighted by atomic mass is 31.2. The molecule has 1 N–H and O–H groups in total. The lowest BCUT2D eigenvalue weighted by molar-refractivity contribution is -0.870. The number of likely N-dealkylation sites (N-methyl/N-ethyl adjacent to an activating group) is 1. The number of esters is 1. The van der Waals surface area contributed by atoms with Crippen molar-refractivity contribution in [2.24, 2.45) is 0 Å². The van der Waals surface area contributed by atoms with E-state index < -0.39 is 26.6 Å². The van der Waals surface area contributed by atoms with Gasteiger partial charge in [-0.25, -0.2) is 0 Å². The quantitative estimate of drug-likeness (QED) is 0.0212. The minimum atomic E-state index is -4.71. The summed E-state index contributed by atoms with van der Waals surface area (Å²) in [6.07, 6.45) is 77.3. The van der Waals surface area contributed by atoms with Crippen molar-refractivity contribution >= 4 is 19.7 Å². The van der Waals surface area contributed by atoms with E-state index in [1.807, 2.05) is 33.3 Å². The first kappa shape index (κ1) is 77.5. The Balaban J connectivity index is 5.18. The van der Waals surface area contributed by atoms with Crippen LogP contribution in [-0.2, 0) is 27.9 Å². The third kappa shape index (κ3) is 60.1. The van der Waals surface area contributed by atoms with Gasteiger partial charge < -0.3 is 28.5 Å². The minimum Gasteiger partial charge on any atom is -0.756 e. The SMILES string of the molecule is CC/C=C\C/C=C\C/C=C\C/C=C\C/C=C\CCCCCCCC(=O)NC(COP(=O)([O-])OCC[N+](C)(C)C)C(/C=C/CCCCCCCCCCCC)OC(=O)CCCCCCCCCCCCCCCCCCCCCCC. The normalized spacial score (nSPS) is 14.0. The van der Waals surface area contributed by atoms with Crippen LogP contribution in [-0.4, -0.2) is 69.4 Å². The number of phosphoric acid groups is 1. The van der Waals surface area contributed by atoms with E-state index in [4.69, 9.17) is 13.8 Å². The second-order valence-electron chi connectivity index (χ2n) is 24.0. The number of rotatable bonds is 61. The lowest BCUT2D eigenvalue weighted by atomic mass is 10.0. The summed E-state index contributed by atoms with van der Waals surface area (Å²) >= 11 is 0. The summed E-state index contributed by atoms with van der Waals surface area (Å²) in [6.45, 7) is 6.75. The molecule has 9 nitrogen and oxygen atoms in total. The van der Waals surface area contributed by atoms with Crippen LogP contribution in [0.1, 0.15) is 310 Å². The van der Waals surface area contributed by atoms with E-state index in [2.05, 4.69) is 86.8 Å². The molecule has 0 aliphatic heterocycles. The van der Waals surface area contributed by atoms with Crippen molar-refractivity contribution in [1.82, 2.24) is 5.32 Å². The summed E-state index contributed by atoms with van der Waals surface area (Å²) in [7, 11) is 1.17. The Morgan fingerprint density at radius 1 is 0.450 bits per heavy atom. The molecule has 0 fully saturated rings. The molecule has 0 aromatic heterocycles. The maximum Gasteiger partial charge on any atom is 0.306 e. The highest BCUT2D eigenvalue weighted by Crippen LogP contribution is 2.38. The summed E-state index contributed by atoms with van der Waals surface area (Å²) in [5.74, 6) is -0.553. The van der Waals surface area contributed by atoms with Gasteiger partial charge in [0.15, 0.2) is 0 Å². The Hall–Kier alpha value is -2.55. The molecule has 0 aliphatic carbocycles. The van der Waals surface area contributed by atoms with E-state index in [0.29, 0.717) is 23.9 Å². The Morgan fingerprint density at radius 2 is 0.800 bits per heavy atom. The molecule has 466 valence electrons. The number of unbranched alkanes of at least 4 members (excludes halogenated alkanes) is 35. The second kappa shape index (κ2) is 59.6. The van der Waals surface area contributed by atoms with Gasteiger partial charge in [-0.05, 0) is 76.7 Å². The molecule has 3 atom stereocenters. The highest BCUT2D eigenvalue weighted by Gasteiger charge is 2.27. The average molecular weight is 1140 g/mol. The summed E-state index contributed by atoms with van der Waals surface area (Å²) in [5.41, 5.74) is 0. The Kier molecular flexibility index (Phi) is 57.7. The van der Waals surface area contributed by atoms with Crippen LogP contribution < -0.4 is 10.2 Å². The number of carbonyl (C=O) groups is 2. The zero-order valence-corrected chi connectivity index (χ0v) is 54.2. The summed E-state index contributed by atoms with van der Waals surface area (Å²) in [4.78, 5) is 40.1. The van der Waals surface area contributed by atoms with Crippen LogP contribution >= 0.6 is 7.82 Å². The molecule has 80 heavy (non-hydrogen) atoms. The largest absolute Gasteiger partial charge is 0.756 e. The lowest BCUT2D eigenvalue weighted by Gasteiger charge is -2.30. The standard InChI is InChI=1S/C70H129N2O7P/c1-7-10-13-16-19-22-25-28-30-32-34-36-38-40-42-44-47-50-53-56-59-62-69(73)71-67(66-78-80(75,76)77-65-64-72(4,5)6)68(61-58-55-52-49-46-27-24-21-18-15-12-9-3)79-70(74)63-60-57-54-51-48-45-43-41-39-37-35-33-31-29-26-23-20-17-14-11-8-2/h10,13,19,22,28,30,34,36,40,42,58,61,67-68H,7-9,11-12,14-18,20-21,23-27,29,31-33,35,37-39,41,43-57,59-60,62-66H2,1-6H3,(H-,71,73,75,76)/b13-10-,22-19-,30-28-,36-34-,42-40-,61-58+. The van der Waals surface area contributed by atoms with Crippen molar-refractivity contribution in [3.63, 3.8) is 0 Å². The molecule has 0 radical (unpaired) electrons. The van der Waals surface area contributed by atoms with Crippen LogP contribution in [0.2, 0.25) is 0 Å². The molecule has 1 amide bonds. The van der Waals surface area contributed by atoms with E-state index >= 15 is 0 Å². The fourth-order valence-electron chi connectivity index (χ4n) is 9.73. The van der Waals surface area contributed by atoms with Crippen molar-refractivity contribution in [2.45, 2.75) is 322 Å². The monoisotopic (exact) mass is 1140 g/mol. The maximum atomic E-state index is 13.6. The molecule has 10 heteroatoms. The molecular weight excluding hydrogens is 1010 g/mol. The molecule has 0 rings (SSSR count). The number of hydrogen-bond donors (Lipinski definition) is 1. The molecule has 0 saturated heterocycles. The fourth-order valence-corrected chi connectivity index (χ4v) is 10.5. The van der Waals surface area contributed by atoms with Crippen LogP contribution in [0, 0.1) is 0 Å². The molecule has 0 aromatic carbocycles. The number of allylic oxidation sites excluding steroid dienone is 11. The van der Waals surface area contributed by atoms with Crippen LogP contribution in [0.25, 0.3) is 0 Å². The van der Waals surface area contributed by atoms with Gasteiger partial charge in [-0.2, -0.15) is 0 Å². The number of amides is 1. The van der Waals surface area contributed by atoms with E-state index in [-0.39, 0.29) is 24.9 Å². The smallest absolute Gasteiger partial charge is 0.306 e. The summed E-state index contributed by atoms with van der Waals surface area (Å²) in [5, 5.41) is 3.03. The van der Waals surface area contributed by atoms with Gasteiger partial charge in [-0.1, -0.05) is 293 Å². The van der Waals surface area contributed by atoms with Gasteiger partial charge in [0, 0.05) is 12.8 Å². The predicted octanol–water partition coefficient (Wildman–Crippen LogP) is 20.5. The van der Waals surface area contributed by atoms with Crippen LogP contribution in [0.5, 0.6) is 0 Å². The second-order valence-corrected chi connectivity index (χ2v) is 25.4. The van der Waals surface area contributed by atoms with Crippen molar-refractivity contribution in [3.05, 3.63) is 72.9 Å². The van der Waals surface area contributed by atoms with Crippen LogP contribution in [0.15, 0.2) is 72.9 Å². The molecular formula is C70H129N2O7P. The molecule has 0 spiro atoms. The number of nitrogens with one attached hydrogen (secondary N) is 1. The van der Waals surface area contributed by atoms with E-state index in [1.165, 1.54) is 167 Å². The minimum absolute atomic E-state index is 0.0275. The first-order chi connectivity index (χ1) is 38.9. The van der Waals surface area contributed by atoms with Crippen molar-refractivity contribution < 1.29 is 37.3 Å². The van der Waals surface area contributed by atoms with Crippen LogP contribution in [0.3, 0.4) is 0 Å². The summed E-state index contributed by atoms with van der Waals surface area (Å²) < 4.78 is 30.4. The van der Waals surface area contributed by atoms with Crippen molar-refractivity contribution in [2.75, 3.05) is 40.9 Å². The topological polar surface area (TPSA) is 114 Å². The first-order valence-corrected chi connectivity index (χ1v) is 35.2.